The fraction of sp³-hybridized carbons (Fsp3) is 0.200. The number of hydrogen-bond donors (Lipinski definition) is 2. The van der Waals surface area contributed by atoms with Crippen LogP contribution in [-0.2, 0) is 0 Å². The van der Waals surface area contributed by atoms with Gasteiger partial charge in [-0.15, -0.1) is 0 Å². The third kappa shape index (κ3) is 1.09. The maximum absolute atomic E-state index is 11.6. The maximum Gasteiger partial charge on any atom is 0.265 e. The number of fused-ring (bicyclic) bond motifs is 1. The van der Waals surface area contributed by atoms with Crippen molar-refractivity contribution in [3.63, 3.8) is 0 Å². The van der Waals surface area contributed by atoms with E-state index in [4.69, 9.17) is 0 Å². The Balaban J connectivity index is 2.72. The number of hydrogen-bond acceptors (Lipinski definition) is 4. The highest BCUT2D eigenvalue weighted by atomic mass is 16.3. The molecule has 15 heavy (non-hydrogen) atoms. The summed E-state index contributed by atoms with van der Waals surface area (Å²) in [6.07, 6.45) is 0. The van der Waals surface area contributed by atoms with E-state index in [1.54, 1.807) is 6.92 Å². The summed E-state index contributed by atoms with van der Waals surface area (Å²) in [7, 11) is 0. The number of nitrogens with zero attached hydrogens (tertiary/aromatic N) is 1. The zero-order valence-corrected chi connectivity index (χ0v) is 8.02. The van der Waals surface area contributed by atoms with Gasteiger partial charge in [0.1, 0.15) is 11.5 Å². The van der Waals surface area contributed by atoms with Gasteiger partial charge in [-0.3, -0.25) is 14.5 Å². The number of phenolic OH excluding ortho intramolecular Hbond substituents is 2. The zero-order chi connectivity index (χ0) is 11.2. The molecule has 5 heteroatoms. The summed E-state index contributed by atoms with van der Waals surface area (Å²) >= 11 is 0. The van der Waals surface area contributed by atoms with Crippen molar-refractivity contribution in [2.45, 2.75) is 6.92 Å². The first kappa shape index (κ1) is 9.51. The molecule has 0 aliphatic carbocycles. The molecule has 1 aromatic carbocycles. The summed E-state index contributed by atoms with van der Waals surface area (Å²) in [5, 5.41) is 18.9. The monoisotopic (exact) mass is 207 g/mol. The Hall–Kier alpha value is -2.04. The van der Waals surface area contributed by atoms with Gasteiger partial charge in [0.2, 0.25) is 0 Å². The van der Waals surface area contributed by atoms with Crippen LogP contribution in [0.1, 0.15) is 27.6 Å². The Labute approximate surface area is 85.6 Å². The van der Waals surface area contributed by atoms with Gasteiger partial charge >= 0.3 is 0 Å². The van der Waals surface area contributed by atoms with E-state index >= 15 is 0 Å². The highest BCUT2D eigenvalue weighted by Crippen LogP contribution is 2.35. The van der Waals surface area contributed by atoms with Crippen molar-refractivity contribution in [2.75, 3.05) is 6.54 Å². The number of benzene rings is 1. The van der Waals surface area contributed by atoms with E-state index in [0.717, 1.165) is 4.90 Å². The van der Waals surface area contributed by atoms with Crippen LogP contribution in [0.3, 0.4) is 0 Å². The molecule has 1 aliphatic rings. The van der Waals surface area contributed by atoms with Gasteiger partial charge in [0.05, 0.1) is 11.1 Å². The van der Waals surface area contributed by atoms with Gasteiger partial charge in [0, 0.05) is 6.54 Å². The Morgan fingerprint density at radius 2 is 1.47 bits per heavy atom. The second-order valence-electron chi connectivity index (χ2n) is 3.21. The molecule has 0 atom stereocenters. The molecule has 2 rings (SSSR count). The van der Waals surface area contributed by atoms with Gasteiger partial charge < -0.3 is 10.2 Å². The van der Waals surface area contributed by atoms with Crippen LogP contribution in [0.4, 0.5) is 0 Å². The van der Waals surface area contributed by atoms with Gasteiger partial charge in [-0.1, -0.05) is 0 Å². The lowest BCUT2D eigenvalue weighted by molar-refractivity contribution is 0.0661. The molecule has 2 N–H and O–H groups in total. The second kappa shape index (κ2) is 2.98. The van der Waals surface area contributed by atoms with Gasteiger partial charge in [0.15, 0.2) is 0 Å². The van der Waals surface area contributed by atoms with E-state index in [0.29, 0.717) is 0 Å². The van der Waals surface area contributed by atoms with Crippen LogP contribution in [0.5, 0.6) is 11.5 Å². The lowest BCUT2D eigenvalue weighted by Gasteiger charge is -2.08. The molecule has 0 radical (unpaired) electrons. The van der Waals surface area contributed by atoms with Crippen LogP contribution < -0.4 is 0 Å². The number of aromatic hydroxyl groups is 2. The van der Waals surface area contributed by atoms with Crippen molar-refractivity contribution >= 4 is 11.8 Å². The van der Waals surface area contributed by atoms with Gasteiger partial charge in [-0.25, -0.2) is 0 Å². The molecular formula is C10H9NO4. The van der Waals surface area contributed by atoms with Crippen LogP contribution in [0, 0.1) is 0 Å². The molecule has 1 aromatic rings. The average Bonchev–Trinajstić information content (AvgIpc) is 2.46. The highest BCUT2D eigenvalue weighted by Gasteiger charge is 2.39. The predicted molar refractivity (Wildman–Crippen MR) is 50.8 cm³/mol. The van der Waals surface area contributed by atoms with E-state index in [1.165, 1.54) is 12.1 Å². The molecular weight excluding hydrogens is 198 g/mol. The van der Waals surface area contributed by atoms with Crippen molar-refractivity contribution < 1.29 is 19.8 Å². The summed E-state index contributed by atoms with van der Waals surface area (Å²) in [6, 6.07) is 2.39. The summed E-state index contributed by atoms with van der Waals surface area (Å²) in [4.78, 5) is 24.3. The van der Waals surface area contributed by atoms with Gasteiger partial charge in [0.25, 0.3) is 11.8 Å². The van der Waals surface area contributed by atoms with E-state index < -0.39 is 11.8 Å². The number of phenols is 2. The molecule has 78 valence electrons. The minimum absolute atomic E-state index is 0.109. The van der Waals surface area contributed by atoms with Crippen LogP contribution in [0.25, 0.3) is 0 Å². The van der Waals surface area contributed by atoms with Crippen molar-refractivity contribution in [1.82, 2.24) is 4.90 Å². The van der Waals surface area contributed by atoms with Crippen molar-refractivity contribution in [1.29, 1.82) is 0 Å². The van der Waals surface area contributed by atoms with E-state index in [9.17, 15) is 19.8 Å². The van der Waals surface area contributed by atoms with E-state index in [2.05, 4.69) is 0 Å². The van der Waals surface area contributed by atoms with Gasteiger partial charge in [-0.05, 0) is 19.1 Å². The smallest absolute Gasteiger partial charge is 0.265 e. The predicted octanol–water partition coefficient (Wildman–Crippen LogP) is 0.714. The lowest BCUT2D eigenvalue weighted by atomic mass is 10.1. The van der Waals surface area contributed by atoms with E-state index in [1.807, 2.05) is 0 Å². The molecule has 0 bridgehead atoms. The Morgan fingerprint density at radius 3 is 1.80 bits per heavy atom. The molecule has 1 aliphatic heterocycles. The number of rotatable bonds is 1. The summed E-state index contributed by atoms with van der Waals surface area (Å²) in [5.41, 5.74) is -0.219. The Kier molecular flexibility index (Phi) is 1.89. The number of imide groups is 1. The summed E-state index contributed by atoms with van der Waals surface area (Å²) in [6.45, 7) is 1.86. The first-order chi connectivity index (χ1) is 7.07. The number of carbonyl (C=O) groups is 2. The SMILES string of the molecule is CCN1C(=O)c2c(O)ccc(O)c2C1=O. The second-order valence-corrected chi connectivity index (χ2v) is 3.21. The third-order valence-electron chi connectivity index (χ3n) is 2.40. The topological polar surface area (TPSA) is 77.8 Å². The van der Waals surface area contributed by atoms with Crippen molar-refractivity contribution in [3.05, 3.63) is 23.3 Å². The number of amides is 2. The van der Waals surface area contributed by atoms with Crippen LogP contribution in [0.15, 0.2) is 12.1 Å². The molecule has 0 unspecified atom stereocenters. The summed E-state index contributed by atoms with van der Waals surface area (Å²) < 4.78 is 0. The Morgan fingerprint density at radius 1 is 1.07 bits per heavy atom. The molecule has 5 nitrogen and oxygen atoms in total. The molecule has 0 spiro atoms. The maximum atomic E-state index is 11.6. The fourth-order valence-electron chi connectivity index (χ4n) is 1.66. The van der Waals surface area contributed by atoms with Gasteiger partial charge in [-0.2, -0.15) is 0 Å². The summed E-state index contributed by atoms with van der Waals surface area (Å²) in [5.74, 6) is -1.69. The van der Waals surface area contributed by atoms with E-state index in [-0.39, 0.29) is 29.2 Å². The molecule has 0 fully saturated rings. The zero-order valence-electron chi connectivity index (χ0n) is 8.02. The van der Waals surface area contributed by atoms with Crippen LogP contribution >= 0.6 is 0 Å². The molecule has 0 aromatic heterocycles. The minimum Gasteiger partial charge on any atom is -0.507 e. The molecule has 0 saturated heterocycles. The number of carbonyl (C=O) groups excluding carboxylic acids is 2. The standard InChI is InChI=1S/C10H9NO4/c1-2-11-9(14)7-5(12)3-4-6(13)8(7)10(11)15/h3-4,12-13H,2H2,1H3. The van der Waals surface area contributed by atoms with Crippen LogP contribution in [0.2, 0.25) is 0 Å². The first-order valence-corrected chi connectivity index (χ1v) is 4.49. The largest absolute Gasteiger partial charge is 0.507 e. The lowest BCUT2D eigenvalue weighted by Crippen LogP contribution is -2.29. The fourth-order valence-corrected chi connectivity index (χ4v) is 1.66. The quantitative estimate of drug-likeness (QED) is 0.525. The van der Waals surface area contributed by atoms with Crippen molar-refractivity contribution in [3.8, 4) is 11.5 Å². The van der Waals surface area contributed by atoms with Crippen molar-refractivity contribution in [2.24, 2.45) is 0 Å². The Bertz CT molecular complexity index is 426. The molecule has 2 amide bonds. The third-order valence-corrected chi connectivity index (χ3v) is 2.40. The molecule has 1 heterocycles. The average molecular weight is 207 g/mol. The molecule has 0 saturated carbocycles. The normalized spacial score (nSPS) is 14.6. The van der Waals surface area contributed by atoms with Crippen LogP contribution in [-0.4, -0.2) is 33.5 Å². The highest BCUT2D eigenvalue weighted by molar-refractivity contribution is 6.23. The first-order valence-electron chi connectivity index (χ1n) is 4.49. The minimum atomic E-state index is -0.564.